The van der Waals surface area contributed by atoms with Crippen LogP contribution in [0.3, 0.4) is 0 Å². The van der Waals surface area contributed by atoms with Crippen molar-refractivity contribution in [2.45, 2.75) is 108 Å². The summed E-state index contributed by atoms with van der Waals surface area (Å²) in [5, 5.41) is 9.32. The molecule has 1 N–H and O–H groups in total. The molecule has 7 nitrogen and oxygen atoms in total. The zero-order chi connectivity index (χ0) is 26.7. The van der Waals surface area contributed by atoms with E-state index in [1.807, 2.05) is 37.4 Å². The van der Waals surface area contributed by atoms with Crippen LogP contribution in [0.4, 0.5) is 0 Å². The van der Waals surface area contributed by atoms with Gasteiger partial charge in [-0.2, -0.15) is 0 Å². The van der Waals surface area contributed by atoms with Gasteiger partial charge in [0.15, 0.2) is 8.32 Å². The molecule has 2 fully saturated rings. The largest absolute Gasteiger partial charge is 0.481 e. The summed E-state index contributed by atoms with van der Waals surface area (Å²) in [4.78, 5) is 39.7. The standard InChI is InChI=1S/C28H43NO6Si/c1-27(2,3)36(5,6)35-23(18-25(31)32)16-21(30)12-14-28-15-13-22(34-28)17-24(28)26(33)29(4)19-20-10-8-7-9-11-20/h7-11,22-24H,12-19H2,1-6H3,(H,31,32)/t22-,23?,24+,28+/m0/s1. The van der Waals surface area contributed by atoms with Crippen LogP contribution < -0.4 is 0 Å². The number of hydrogen-bond acceptors (Lipinski definition) is 5. The summed E-state index contributed by atoms with van der Waals surface area (Å²) in [6.45, 7) is 11.0. The van der Waals surface area contributed by atoms with Crippen molar-refractivity contribution in [1.82, 2.24) is 4.90 Å². The number of carboxylic acid groups (broad SMARTS) is 1. The second-order valence-corrected chi connectivity index (χ2v) is 16.9. The fourth-order valence-corrected chi connectivity index (χ4v) is 6.64. The Morgan fingerprint density at radius 2 is 1.86 bits per heavy atom. The van der Waals surface area contributed by atoms with Crippen LogP contribution in [-0.4, -0.2) is 60.8 Å². The molecule has 36 heavy (non-hydrogen) atoms. The van der Waals surface area contributed by atoms with Crippen LogP contribution in [-0.2, 0) is 30.1 Å². The van der Waals surface area contributed by atoms with Gasteiger partial charge in [0.25, 0.3) is 0 Å². The number of aliphatic carboxylic acids is 1. The van der Waals surface area contributed by atoms with Crippen LogP contribution in [0.15, 0.2) is 30.3 Å². The summed E-state index contributed by atoms with van der Waals surface area (Å²) >= 11 is 0. The normalized spacial score (nSPS) is 24.5. The van der Waals surface area contributed by atoms with E-state index in [1.165, 1.54) is 0 Å². The monoisotopic (exact) mass is 517 g/mol. The maximum Gasteiger partial charge on any atom is 0.305 e. The predicted octanol–water partition coefficient (Wildman–Crippen LogP) is 5.19. The van der Waals surface area contributed by atoms with Crippen LogP contribution >= 0.6 is 0 Å². The van der Waals surface area contributed by atoms with E-state index in [-0.39, 0.29) is 48.0 Å². The Hall–Kier alpha value is -2.03. The number of carbonyl (C=O) groups excluding carboxylic acids is 2. The zero-order valence-corrected chi connectivity index (χ0v) is 23.7. The third-order valence-electron chi connectivity index (χ3n) is 8.31. The van der Waals surface area contributed by atoms with Crippen molar-refractivity contribution in [3.63, 3.8) is 0 Å². The smallest absolute Gasteiger partial charge is 0.305 e. The third kappa shape index (κ3) is 6.84. The Morgan fingerprint density at radius 3 is 2.44 bits per heavy atom. The van der Waals surface area contributed by atoms with Crippen molar-refractivity contribution in [3.8, 4) is 0 Å². The number of carbonyl (C=O) groups is 3. The van der Waals surface area contributed by atoms with Gasteiger partial charge in [-0.3, -0.25) is 14.4 Å². The van der Waals surface area contributed by atoms with E-state index in [2.05, 4.69) is 33.9 Å². The lowest BCUT2D eigenvalue weighted by Crippen LogP contribution is -2.45. The average Bonchev–Trinajstić information content (AvgIpc) is 3.35. The predicted molar refractivity (Wildman–Crippen MR) is 141 cm³/mol. The van der Waals surface area contributed by atoms with Gasteiger partial charge in [0.05, 0.1) is 30.1 Å². The van der Waals surface area contributed by atoms with Gasteiger partial charge in [-0.25, -0.2) is 0 Å². The number of carboxylic acids is 1. The molecule has 1 unspecified atom stereocenters. The average molecular weight is 518 g/mol. The van der Waals surface area contributed by atoms with Crippen molar-refractivity contribution in [3.05, 3.63) is 35.9 Å². The maximum absolute atomic E-state index is 13.4. The topological polar surface area (TPSA) is 93.1 Å². The Bertz CT molecular complexity index is 943. The minimum Gasteiger partial charge on any atom is -0.481 e. The van der Waals surface area contributed by atoms with Gasteiger partial charge in [0.2, 0.25) is 5.91 Å². The molecule has 1 amide bonds. The van der Waals surface area contributed by atoms with E-state index in [0.29, 0.717) is 19.4 Å². The quantitative estimate of drug-likeness (QED) is 0.384. The van der Waals surface area contributed by atoms with Crippen LogP contribution in [0.2, 0.25) is 18.1 Å². The van der Waals surface area contributed by atoms with Gasteiger partial charge in [-0.1, -0.05) is 51.1 Å². The molecule has 1 aromatic rings. The lowest BCUT2D eigenvalue weighted by atomic mass is 9.74. The minimum atomic E-state index is -2.23. The Morgan fingerprint density at radius 1 is 1.19 bits per heavy atom. The fraction of sp³-hybridized carbons (Fsp3) is 0.679. The van der Waals surface area contributed by atoms with E-state index in [0.717, 1.165) is 18.4 Å². The summed E-state index contributed by atoms with van der Waals surface area (Å²) < 4.78 is 12.6. The van der Waals surface area contributed by atoms with Crippen molar-refractivity contribution in [2.75, 3.05) is 7.05 Å². The van der Waals surface area contributed by atoms with Crippen molar-refractivity contribution in [1.29, 1.82) is 0 Å². The molecule has 0 radical (unpaired) electrons. The van der Waals surface area contributed by atoms with Gasteiger partial charge in [-0.05, 0) is 49.4 Å². The molecule has 0 saturated carbocycles. The summed E-state index contributed by atoms with van der Waals surface area (Å²) in [5.74, 6) is -1.18. The lowest BCUT2D eigenvalue weighted by molar-refractivity contribution is -0.142. The van der Waals surface area contributed by atoms with Crippen LogP contribution in [0.25, 0.3) is 0 Å². The molecule has 4 atom stereocenters. The molecule has 0 spiro atoms. The first kappa shape index (κ1) is 28.5. The van der Waals surface area contributed by atoms with Gasteiger partial charge in [-0.15, -0.1) is 0 Å². The lowest BCUT2D eigenvalue weighted by Gasteiger charge is -2.39. The first-order valence-electron chi connectivity index (χ1n) is 13.1. The summed E-state index contributed by atoms with van der Waals surface area (Å²) in [5.41, 5.74) is 0.471. The number of Topliss-reactive ketones (excluding diaryl/α,β-unsaturated/α-hetero) is 1. The molecule has 2 heterocycles. The molecule has 2 aliphatic heterocycles. The molecule has 8 heteroatoms. The number of benzene rings is 1. The fourth-order valence-electron chi connectivity index (χ4n) is 5.29. The molecule has 200 valence electrons. The van der Waals surface area contributed by atoms with Gasteiger partial charge in [0, 0.05) is 26.4 Å². The second-order valence-electron chi connectivity index (χ2n) is 12.2. The highest BCUT2D eigenvalue weighted by Crippen LogP contribution is 2.51. The van der Waals surface area contributed by atoms with Crippen molar-refractivity contribution in [2.24, 2.45) is 5.92 Å². The van der Waals surface area contributed by atoms with Gasteiger partial charge in [0.1, 0.15) is 5.78 Å². The molecule has 2 aliphatic rings. The van der Waals surface area contributed by atoms with Gasteiger partial charge < -0.3 is 19.2 Å². The molecule has 1 aromatic carbocycles. The number of ketones is 1. The SMILES string of the molecule is CN(Cc1ccccc1)C(=O)[C@H]1C[C@@H]2CC[C@@]1(CCC(=O)CC(CC(=O)O)O[Si](C)(C)C(C)(C)C)O2. The van der Waals surface area contributed by atoms with Crippen molar-refractivity contribution >= 4 is 26.0 Å². The highest BCUT2D eigenvalue weighted by atomic mass is 28.4. The van der Waals surface area contributed by atoms with E-state index in [4.69, 9.17) is 9.16 Å². The number of fused-ring (bicyclic) bond motifs is 2. The van der Waals surface area contributed by atoms with E-state index in [9.17, 15) is 19.5 Å². The molecular weight excluding hydrogens is 474 g/mol. The molecule has 2 saturated heterocycles. The Kier molecular flexibility index (Phi) is 8.84. The number of hydrogen-bond donors (Lipinski definition) is 1. The number of amides is 1. The van der Waals surface area contributed by atoms with Crippen molar-refractivity contribution < 1.29 is 28.7 Å². The highest BCUT2D eigenvalue weighted by molar-refractivity contribution is 6.74. The van der Waals surface area contributed by atoms with E-state index in [1.54, 1.807) is 4.90 Å². The zero-order valence-electron chi connectivity index (χ0n) is 22.7. The molecule has 0 aromatic heterocycles. The van der Waals surface area contributed by atoms with E-state index < -0.39 is 26.0 Å². The van der Waals surface area contributed by atoms with E-state index >= 15 is 0 Å². The number of nitrogens with zero attached hydrogens (tertiary/aromatic N) is 1. The van der Waals surface area contributed by atoms with Crippen LogP contribution in [0.1, 0.15) is 71.3 Å². The number of ether oxygens (including phenoxy) is 1. The molecular formula is C28H43NO6Si. The first-order chi connectivity index (χ1) is 16.7. The summed E-state index contributed by atoms with van der Waals surface area (Å²) in [6, 6.07) is 9.91. The summed E-state index contributed by atoms with van der Waals surface area (Å²) in [7, 11) is -0.398. The second kappa shape index (κ2) is 11.2. The number of rotatable bonds is 12. The van der Waals surface area contributed by atoms with Crippen LogP contribution in [0.5, 0.6) is 0 Å². The first-order valence-corrected chi connectivity index (χ1v) is 16.0. The minimum absolute atomic E-state index is 0.0304. The Balaban J connectivity index is 1.62. The maximum atomic E-state index is 13.4. The molecule has 0 aliphatic carbocycles. The Labute approximate surface area is 216 Å². The molecule has 3 rings (SSSR count). The molecule has 2 bridgehead atoms. The van der Waals surface area contributed by atoms with Crippen LogP contribution in [0, 0.1) is 5.92 Å². The highest BCUT2D eigenvalue weighted by Gasteiger charge is 2.56. The summed E-state index contributed by atoms with van der Waals surface area (Å²) in [6.07, 6.45) is 2.45. The third-order valence-corrected chi connectivity index (χ3v) is 12.8. The van der Waals surface area contributed by atoms with Gasteiger partial charge >= 0.3 is 5.97 Å².